The summed E-state index contributed by atoms with van der Waals surface area (Å²) in [4.78, 5) is 0. The van der Waals surface area contributed by atoms with Crippen molar-refractivity contribution < 1.29 is 19.7 Å². The smallest absolute Gasteiger partial charge is 0.164 e. The van der Waals surface area contributed by atoms with Crippen LogP contribution in [0.3, 0.4) is 0 Å². The van der Waals surface area contributed by atoms with Gasteiger partial charge in [-0.2, -0.15) is 0 Å². The Morgan fingerprint density at radius 3 is 0.791 bits per heavy atom. The second-order valence-corrected chi connectivity index (χ2v) is 13.5. The van der Waals surface area contributed by atoms with Crippen molar-refractivity contribution in [3.8, 4) is 0 Å². The van der Waals surface area contributed by atoms with Crippen molar-refractivity contribution in [1.82, 2.24) is 0 Å². The van der Waals surface area contributed by atoms with E-state index in [4.69, 9.17) is 9.47 Å². The lowest BCUT2D eigenvalue weighted by atomic mass is 9.70. The average Bonchev–Trinajstić information content (AvgIpc) is 3.21. The molecular weight excluding hydrogens is 532 g/mol. The van der Waals surface area contributed by atoms with Gasteiger partial charge in [0.15, 0.2) is 5.79 Å². The van der Waals surface area contributed by atoms with Gasteiger partial charge in [0.05, 0.1) is 0 Å². The zero-order chi connectivity index (χ0) is 31.5. The number of aliphatic hydroxyl groups is 2. The Balaban J connectivity index is 1.86. The summed E-state index contributed by atoms with van der Waals surface area (Å²) < 4.78 is 13.5. The van der Waals surface area contributed by atoms with Crippen LogP contribution in [-0.4, -0.2) is 28.2 Å². The lowest BCUT2D eigenvalue weighted by Crippen LogP contribution is -2.55. The maximum Gasteiger partial charge on any atom is 0.164 e. The van der Waals surface area contributed by atoms with E-state index in [0.29, 0.717) is 22.3 Å². The zero-order valence-electron chi connectivity index (χ0n) is 27.3. The fourth-order valence-electron chi connectivity index (χ4n) is 7.14. The van der Waals surface area contributed by atoms with Crippen molar-refractivity contribution in [2.24, 2.45) is 0 Å². The van der Waals surface area contributed by atoms with Crippen molar-refractivity contribution in [1.29, 1.82) is 0 Å². The summed E-state index contributed by atoms with van der Waals surface area (Å²) in [6.45, 7) is 20.0. The highest BCUT2D eigenvalue weighted by atomic mass is 16.8. The van der Waals surface area contributed by atoms with Crippen LogP contribution in [0.5, 0.6) is 0 Å². The third-order valence-corrected chi connectivity index (χ3v) is 8.57. The fraction of sp³-hybridized carbons (Fsp3) is 0.385. The molecule has 5 rings (SSSR count). The Labute approximate surface area is 257 Å². The second kappa shape index (κ2) is 11.0. The molecule has 0 aromatic heterocycles. The summed E-state index contributed by atoms with van der Waals surface area (Å²) in [5.41, 5.74) is 7.77. The van der Waals surface area contributed by atoms with Crippen LogP contribution in [0.2, 0.25) is 0 Å². The van der Waals surface area contributed by atoms with Gasteiger partial charge in [0.2, 0.25) is 0 Å². The largest absolute Gasteiger partial charge is 0.378 e. The van der Waals surface area contributed by atoms with Crippen LogP contribution in [0.1, 0.15) is 80.6 Å². The standard InChI is InChI=1S/C39H46O4/c1-23-11-24(2)16-31(15-23)38(40,32-17-25(3)12-26(4)18-32)35-36(43-37(9,10)42-35)39(41,33-19-27(5)13-28(6)20-33)34-21-29(7)14-30(8)22-34/h11-22,35-36,40-41H,1-10H3/t35-,36-/m0/s1. The molecule has 2 atom stereocenters. The summed E-state index contributed by atoms with van der Waals surface area (Å²) in [5, 5.41) is 26.6. The van der Waals surface area contributed by atoms with Crippen molar-refractivity contribution in [2.45, 2.75) is 98.4 Å². The van der Waals surface area contributed by atoms with Crippen molar-refractivity contribution in [2.75, 3.05) is 0 Å². The normalized spacial score (nSPS) is 18.7. The molecule has 1 heterocycles. The molecule has 4 nitrogen and oxygen atoms in total. The average molecular weight is 579 g/mol. The van der Waals surface area contributed by atoms with Crippen molar-refractivity contribution in [3.63, 3.8) is 0 Å². The molecule has 1 aliphatic rings. The molecule has 1 aliphatic heterocycles. The number of hydrogen-bond donors (Lipinski definition) is 2. The SMILES string of the molecule is Cc1cc(C)cc(C(O)(c2cc(C)cc(C)c2)[C@H]2OC(C)(C)O[C@@H]2C(O)(c2cc(C)cc(C)c2)c2cc(C)cc(C)c2)c1. The maximum absolute atomic E-state index is 13.3. The van der Waals surface area contributed by atoms with E-state index < -0.39 is 29.2 Å². The van der Waals surface area contributed by atoms with E-state index in [1.165, 1.54) is 0 Å². The van der Waals surface area contributed by atoms with E-state index in [2.05, 4.69) is 24.3 Å². The number of ether oxygens (including phenoxy) is 2. The van der Waals surface area contributed by atoms with E-state index in [1.807, 2.05) is 118 Å². The number of rotatable bonds is 6. The summed E-state index contributed by atoms with van der Waals surface area (Å²) in [7, 11) is 0. The Morgan fingerprint density at radius 1 is 0.419 bits per heavy atom. The summed E-state index contributed by atoms with van der Waals surface area (Å²) in [5.74, 6) is -1.09. The van der Waals surface area contributed by atoms with Gasteiger partial charge in [-0.3, -0.25) is 0 Å². The van der Waals surface area contributed by atoms with E-state index in [9.17, 15) is 10.2 Å². The first-order valence-electron chi connectivity index (χ1n) is 15.2. The molecule has 0 amide bonds. The van der Waals surface area contributed by atoms with Crippen molar-refractivity contribution >= 4 is 0 Å². The Morgan fingerprint density at radius 2 is 0.605 bits per heavy atom. The second-order valence-electron chi connectivity index (χ2n) is 13.5. The van der Waals surface area contributed by atoms with E-state index in [1.54, 1.807) is 0 Å². The van der Waals surface area contributed by atoms with E-state index in [0.717, 1.165) is 44.5 Å². The highest BCUT2D eigenvalue weighted by Crippen LogP contribution is 2.51. The summed E-state index contributed by atoms with van der Waals surface area (Å²) >= 11 is 0. The van der Waals surface area contributed by atoms with Crippen molar-refractivity contribution in [3.05, 3.63) is 140 Å². The van der Waals surface area contributed by atoms with Gasteiger partial charge < -0.3 is 19.7 Å². The molecule has 0 unspecified atom stereocenters. The Hall–Kier alpha value is -3.28. The minimum Gasteiger partial charge on any atom is -0.378 e. The molecule has 43 heavy (non-hydrogen) atoms. The molecule has 0 radical (unpaired) electrons. The van der Waals surface area contributed by atoms with E-state index in [-0.39, 0.29) is 0 Å². The monoisotopic (exact) mass is 578 g/mol. The third-order valence-electron chi connectivity index (χ3n) is 8.57. The lowest BCUT2D eigenvalue weighted by Gasteiger charge is -2.43. The van der Waals surface area contributed by atoms with E-state index >= 15 is 0 Å². The van der Waals surface area contributed by atoms with Gasteiger partial charge >= 0.3 is 0 Å². The minimum atomic E-state index is -1.66. The number of hydrogen-bond acceptors (Lipinski definition) is 4. The van der Waals surface area contributed by atoms with Crippen LogP contribution in [0.4, 0.5) is 0 Å². The summed E-state index contributed by atoms with van der Waals surface area (Å²) in [6, 6.07) is 24.5. The quantitative estimate of drug-likeness (QED) is 0.245. The van der Waals surface area contributed by atoms with Crippen LogP contribution < -0.4 is 0 Å². The van der Waals surface area contributed by atoms with Gasteiger partial charge in [-0.1, -0.05) is 117 Å². The topological polar surface area (TPSA) is 58.9 Å². The zero-order valence-corrected chi connectivity index (χ0v) is 27.3. The predicted octanol–water partition coefficient (Wildman–Crippen LogP) is 7.85. The molecule has 4 aromatic rings. The van der Waals surface area contributed by atoms with Gasteiger partial charge in [-0.15, -0.1) is 0 Å². The Kier molecular flexibility index (Phi) is 7.98. The first-order chi connectivity index (χ1) is 20.0. The van der Waals surface area contributed by atoms with Crippen LogP contribution in [0, 0.1) is 55.4 Å². The van der Waals surface area contributed by atoms with Gasteiger partial charge in [0.1, 0.15) is 23.4 Å². The van der Waals surface area contributed by atoms with Crippen LogP contribution in [0.25, 0.3) is 0 Å². The minimum absolute atomic E-state index is 0.703. The molecule has 2 N–H and O–H groups in total. The number of benzene rings is 4. The highest BCUT2D eigenvalue weighted by molar-refractivity contribution is 5.49. The van der Waals surface area contributed by atoms with Crippen LogP contribution in [0.15, 0.2) is 72.8 Å². The van der Waals surface area contributed by atoms with Crippen LogP contribution >= 0.6 is 0 Å². The molecule has 226 valence electrons. The third kappa shape index (κ3) is 5.82. The van der Waals surface area contributed by atoms with Gasteiger partial charge in [-0.05, 0) is 91.5 Å². The summed E-state index contributed by atoms with van der Waals surface area (Å²) in [6.07, 6.45) is -1.95. The maximum atomic E-state index is 13.3. The predicted molar refractivity (Wildman–Crippen MR) is 173 cm³/mol. The van der Waals surface area contributed by atoms with Gasteiger partial charge in [-0.25, -0.2) is 0 Å². The molecule has 4 heteroatoms. The molecule has 0 spiro atoms. The molecule has 0 bridgehead atoms. The fourth-order valence-corrected chi connectivity index (χ4v) is 7.14. The highest BCUT2D eigenvalue weighted by Gasteiger charge is 2.61. The first kappa shape index (κ1) is 31.2. The van der Waals surface area contributed by atoms with Gasteiger partial charge in [0.25, 0.3) is 0 Å². The van der Waals surface area contributed by atoms with Gasteiger partial charge in [0, 0.05) is 0 Å². The Bertz CT molecular complexity index is 1370. The van der Waals surface area contributed by atoms with Crippen LogP contribution in [-0.2, 0) is 20.7 Å². The lowest BCUT2D eigenvalue weighted by molar-refractivity contribution is -0.172. The molecule has 0 saturated carbocycles. The molecule has 0 aliphatic carbocycles. The molecular formula is C39H46O4. The molecule has 1 saturated heterocycles. The molecule has 4 aromatic carbocycles. The number of aryl methyl sites for hydroxylation is 8. The molecule has 1 fully saturated rings. The first-order valence-corrected chi connectivity index (χ1v) is 15.2.